The molecule has 2 unspecified atom stereocenters. The van der Waals surface area contributed by atoms with Crippen molar-refractivity contribution in [3.05, 3.63) is 35.9 Å². The van der Waals surface area contributed by atoms with Crippen LogP contribution in [0.4, 0.5) is 5.69 Å². The molecule has 1 N–H and O–H groups in total. The predicted octanol–water partition coefficient (Wildman–Crippen LogP) is 3.29. The minimum atomic E-state index is 0.264. The molecule has 0 aliphatic carbocycles. The Kier molecular flexibility index (Phi) is 4.12. The lowest BCUT2D eigenvalue weighted by molar-refractivity contribution is -0.0337. The average Bonchev–Trinajstić information content (AvgIpc) is 2.91. The summed E-state index contributed by atoms with van der Waals surface area (Å²) >= 11 is 6.34. The van der Waals surface area contributed by atoms with Crippen LogP contribution in [-0.4, -0.2) is 33.0 Å². The zero-order valence-electron chi connectivity index (χ0n) is 12.2. The van der Waals surface area contributed by atoms with E-state index >= 15 is 0 Å². The monoisotopic (exact) mass is 306 g/mol. The highest BCUT2D eigenvalue weighted by Gasteiger charge is 2.25. The second-order valence-corrected chi connectivity index (χ2v) is 5.95. The summed E-state index contributed by atoms with van der Waals surface area (Å²) in [6.45, 7) is 4.22. The van der Waals surface area contributed by atoms with Crippen molar-refractivity contribution in [2.45, 2.75) is 44.9 Å². The number of benzene rings is 1. The molecule has 0 spiro atoms. The van der Waals surface area contributed by atoms with Gasteiger partial charge in [0.15, 0.2) is 0 Å². The molecule has 0 bridgehead atoms. The van der Waals surface area contributed by atoms with Crippen molar-refractivity contribution in [1.82, 2.24) is 14.8 Å². The van der Waals surface area contributed by atoms with Crippen LogP contribution in [-0.2, 0) is 4.74 Å². The number of nitrogens with zero attached hydrogens (tertiary/aromatic N) is 3. The molecule has 0 radical (unpaired) electrons. The predicted molar refractivity (Wildman–Crippen MR) is 83.0 cm³/mol. The lowest BCUT2D eigenvalue weighted by Gasteiger charge is -2.33. The van der Waals surface area contributed by atoms with Crippen LogP contribution < -0.4 is 5.32 Å². The first-order valence-corrected chi connectivity index (χ1v) is 7.57. The van der Waals surface area contributed by atoms with Gasteiger partial charge in [-0.15, -0.1) is 0 Å². The molecule has 2 aromatic rings. The van der Waals surface area contributed by atoms with E-state index in [2.05, 4.69) is 29.2 Å². The SMILES string of the molecule is CC1CC(Nc2cccc(Cl)c2-n2cncn2)CC(C)O1. The maximum absolute atomic E-state index is 6.34. The molecule has 1 aliphatic rings. The van der Waals surface area contributed by atoms with Gasteiger partial charge < -0.3 is 10.1 Å². The lowest BCUT2D eigenvalue weighted by atomic mass is 9.99. The number of rotatable bonds is 3. The van der Waals surface area contributed by atoms with Gasteiger partial charge in [-0.1, -0.05) is 17.7 Å². The van der Waals surface area contributed by atoms with Gasteiger partial charge in [0.25, 0.3) is 0 Å². The van der Waals surface area contributed by atoms with E-state index in [9.17, 15) is 0 Å². The second kappa shape index (κ2) is 6.03. The Hall–Kier alpha value is -1.59. The van der Waals surface area contributed by atoms with Crippen LogP contribution in [0.5, 0.6) is 0 Å². The fourth-order valence-corrected chi connectivity index (χ4v) is 3.19. The molecule has 1 aromatic heterocycles. The zero-order chi connectivity index (χ0) is 14.8. The molecule has 21 heavy (non-hydrogen) atoms. The summed E-state index contributed by atoms with van der Waals surface area (Å²) in [5, 5.41) is 8.43. The minimum absolute atomic E-state index is 0.264. The van der Waals surface area contributed by atoms with E-state index < -0.39 is 0 Å². The van der Waals surface area contributed by atoms with Gasteiger partial charge in [-0.3, -0.25) is 0 Å². The highest BCUT2D eigenvalue weighted by Crippen LogP contribution is 2.30. The van der Waals surface area contributed by atoms with E-state index in [1.54, 1.807) is 11.0 Å². The third-order valence-electron chi connectivity index (χ3n) is 3.69. The quantitative estimate of drug-likeness (QED) is 0.945. The maximum atomic E-state index is 6.34. The second-order valence-electron chi connectivity index (χ2n) is 5.55. The number of anilines is 1. The fraction of sp³-hybridized carbons (Fsp3) is 0.467. The molecular weight excluding hydrogens is 288 g/mol. The van der Waals surface area contributed by atoms with Crippen LogP contribution in [0.25, 0.3) is 5.69 Å². The number of ether oxygens (including phenoxy) is 1. The number of hydrogen-bond acceptors (Lipinski definition) is 4. The molecule has 0 saturated carbocycles. The molecule has 0 amide bonds. The first-order chi connectivity index (χ1) is 10.1. The van der Waals surface area contributed by atoms with Crippen LogP contribution in [0, 0.1) is 0 Å². The smallest absolute Gasteiger partial charge is 0.138 e. The van der Waals surface area contributed by atoms with Crippen molar-refractivity contribution < 1.29 is 4.74 Å². The van der Waals surface area contributed by atoms with Gasteiger partial charge >= 0.3 is 0 Å². The molecule has 2 atom stereocenters. The van der Waals surface area contributed by atoms with E-state index in [0.29, 0.717) is 11.1 Å². The molecular formula is C15H19ClN4O. The van der Waals surface area contributed by atoms with Gasteiger partial charge in [-0.05, 0) is 38.8 Å². The molecule has 112 valence electrons. The Morgan fingerprint density at radius 2 is 2.05 bits per heavy atom. The van der Waals surface area contributed by atoms with Crippen molar-refractivity contribution in [1.29, 1.82) is 0 Å². The van der Waals surface area contributed by atoms with Crippen molar-refractivity contribution in [2.75, 3.05) is 5.32 Å². The lowest BCUT2D eigenvalue weighted by Crippen LogP contribution is -2.37. The number of hydrogen-bond donors (Lipinski definition) is 1. The summed E-state index contributed by atoms with van der Waals surface area (Å²) in [5.41, 5.74) is 1.81. The summed E-state index contributed by atoms with van der Waals surface area (Å²) in [6.07, 6.45) is 5.65. The van der Waals surface area contributed by atoms with E-state index in [-0.39, 0.29) is 12.2 Å². The van der Waals surface area contributed by atoms with Crippen LogP contribution in [0.1, 0.15) is 26.7 Å². The van der Waals surface area contributed by atoms with Crippen LogP contribution in [0.3, 0.4) is 0 Å². The molecule has 1 saturated heterocycles. The van der Waals surface area contributed by atoms with Gasteiger partial charge in [0, 0.05) is 6.04 Å². The highest BCUT2D eigenvalue weighted by atomic mass is 35.5. The van der Waals surface area contributed by atoms with Crippen molar-refractivity contribution >= 4 is 17.3 Å². The Morgan fingerprint density at radius 1 is 1.29 bits per heavy atom. The van der Waals surface area contributed by atoms with Gasteiger partial charge in [0.2, 0.25) is 0 Å². The molecule has 1 aliphatic heterocycles. The first-order valence-electron chi connectivity index (χ1n) is 7.19. The topological polar surface area (TPSA) is 52.0 Å². The number of nitrogens with one attached hydrogen (secondary N) is 1. The van der Waals surface area contributed by atoms with Crippen LogP contribution >= 0.6 is 11.6 Å². The standard InChI is InChI=1S/C15H19ClN4O/c1-10-6-12(7-11(2)21-10)19-14-5-3-4-13(16)15(14)20-9-17-8-18-20/h3-5,8-12,19H,6-7H2,1-2H3. The first kappa shape index (κ1) is 14.4. The highest BCUT2D eigenvalue weighted by molar-refractivity contribution is 6.33. The van der Waals surface area contributed by atoms with E-state index in [1.807, 2.05) is 18.2 Å². The van der Waals surface area contributed by atoms with Crippen LogP contribution in [0.15, 0.2) is 30.9 Å². The molecule has 5 nitrogen and oxygen atoms in total. The van der Waals surface area contributed by atoms with Crippen molar-refractivity contribution in [2.24, 2.45) is 0 Å². The average molecular weight is 307 g/mol. The third kappa shape index (κ3) is 3.19. The van der Waals surface area contributed by atoms with Gasteiger partial charge in [-0.2, -0.15) is 5.10 Å². The number of aromatic nitrogens is 3. The summed E-state index contributed by atoms with van der Waals surface area (Å²) in [7, 11) is 0. The number of para-hydroxylation sites is 1. The number of halogens is 1. The normalized spacial score (nSPS) is 25.8. The Labute approximate surface area is 129 Å². The molecule has 1 aromatic carbocycles. The van der Waals surface area contributed by atoms with E-state index in [1.165, 1.54) is 6.33 Å². The van der Waals surface area contributed by atoms with Crippen molar-refractivity contribution in [3.63, 3.8) is 0 Å². The Balaban J connectivity index is 1.87. The van der Waals surface area contributed by atoms with E-state index in [4.69, 9.17) is 16.3 Å². The van der Waals surface area contributed by atoms with Gasteiger partial charge in [0.1, 0.15) is 18.3 Å². The summed E-state index contributed by atoms with van der Waals surface area (Å²) in [4.78, 5) is 4.00. The summed E-state index contributed by atoms with van der Waals surface area (Å²) in [5.74, 6) is 0. The minimum Gasteiger partial charge on any atom is -0.380 e. The Bertz CT molecular complexity index is 592. The van der Waals surface area contributed by atoms with Crippen LogP contribution in [0.2, 0.25) is 5.02 Å². The molecule has 2 heterocycles. The third-order valence-corrected chi connectivity index (χ3v) is 4.00. The summed E-state index contributed by atoms with van der Waals surface area (Å²) < 4.78 is 7.48. The largest absolute Gasteiger partial charge is 0.380 e. The summed E-state index contributed by atoms with van der Waals surface area (Å²) in [6, 6.07) is 6.19. The molecule has 6 heteroatoms. The van der Waals surface area contributed by atoms with E-state index in [0.717, 1.165) is 24.2 Å². The fourth-order valence-electron chi connectivity index (χ4n) is 2.93. The van der Waals surface area contributed by atoms with Gasteiger partial charge in [0.05, 0.1) is 22.9 Å². The zero-order valence-corrected chi connectivity index (χ0v) is 12.9. The molecule has 1 fully saturated rings. The molecule has 3 rings (SSSR count). The Morgan fingerprint density at radius 3 is 2.71 bits per heavy atom. The van der Waals surface area contributed by atoms with Gasteiger partial charge in [-0.25, -0.2) is 9.67 Å². The van der Waals surface area contributed by atoms with Crippen molar-refractivity contribution in [3.8, 4) is 5.69 Å². The maximum Gasteiger partial charge on any atom is 0.138 e.